The number of amides is 1. The molecule has 3 aromatic carbocycles. The summed E-state index contributed by atoms with van der Waals surface area (Å²) >= 11 is 0. The molecule has 0 fully saturated rings. The maximum atomic E-state index is 12.8. The fourth-order valence-electron chi connectivity index (χ4n) is 2.98. The van der Waals surface area contributed by atoms with Crippen LogP contribution in [0.4, 0.5) is 24.5 Å². The van der Waals surface area contributed by atoms with Gasteiger partial charge in [-0.05, 0) is 54.6 Å². The first-order chi connectivity index (χ1) is 16.1. The molecule has 0 atom stereocenters. The number of sulfonamides is 1. The number of ether oxygens (including phenoxy) is 3. The Morgan fingerprint density at radius 3 is 2.38 bits per heavy atom. The first-order valence-electron chi connectivity index (χ1n) is 9.73. The maximum absolute atomic E-state index is 12.8. The van der Waals surface area contributed by atoms with Crippen molar-refractivity contribution in [3.8, 4) is 17.2 Å². The number of hydrogen-bond acceptors (Lipinski definition) is 6. The third-order valence-electron chi connectivity index (χ3n) is 4.55. The molecule has 1 heterocycles. The Morgan fingerprint density at radius 2 is 1.65 bits per heavy atom. The molecule has 0 aliphatic carbocycles. The fraction of sp³-hybridized carbons (Fsp3) is 0.136. The quantitative estimate of drug-likeness (QED) is 0.505. The topological polar surface area (TPSA) is 103 Å². The molecule has 2 N–H and O–H groups in total. The Hall–Kier alpha value is -3.93. The van der Waals surface area contributed by atoms with Crippen molar-refractivity contribution in [3.05, 3.63) is 72.3 Å². The number of rotatable bonds is 7. The summed E-state index contributed by atoms with van der Waals surface area (Å²) in [5, 5.41) is 2.55. The van der Waals surface area contributed by atoms with Crippen LogP contribution in [0.15, 0.2) is 71.6 Å². The molecule has 3 aromatic rings. The number of carbonyl (C=O) groups is 1. The second kappa shape index (κ2) is 9.14. The molecule has 1 aliphatic heterocycles. The van der Waals surface area contributed by atoms with Gasteiger partial charge in [0.25, 0.3) is 15.9 Å². The van der Waals surface area contributed by atoms with Gasteiger partial charge in [-0.2, -0.15) is 13.2 Å². The molecule has 12 heteroatoms. The zero-order valence-corrected chi connectivity index (χ0v) is 18.1. The number of anilines is 2. The van der Waals surface area contributed by atoms with Gasteiger partial charge in [-0.25, -0.2) is 8.42 Å². The summed E-state index contributed by atoms with van der Waals surface area (Å²) in [4.78, 5) is 12.4. The SMILES string of the molecule is O=C(Nc1ccc(OCC(F)(F)F)cc1)c1cccc(S(=O)(=O)Nc2ccc3c(c2)OCO3)c1. The second-order valence-corrected chi connectivity index (χ2v) is 8.77. The van der Waals surface area contributed by atoms with E-state index in [1.165, 1.54) is 60.7 Å². The van der Waals surface area contributed by atoms with E-state index in [4.69, 9.17) is 9.47 Å². The van der Waals surface area contributed by atoms with E-state index in [9.17, 15) is 26.4 Å². The minimum Gasteiger partial charge on any atom is -0.484 e. The maximum Gasteiger partial charge on any atom is 0.422 e. The molecule has 0 aromatic heterocycles. The van der Waals surface area contributed by atoms with Crippen LogP contribution in [0.25, 0.3) is 0 Å². The van der Waals surface area contributed by atoms with Crippen molar-refractivity contribution in [3.63, 3.8) is 0 Å². The van der Waals surface area contributed by atoms with Gasteiger partial charge in [-0.1, -0.05) is 6.07 Å². The number of carbonyl (C=O) groups excluding carboxylic acids is 1. The predicted octanol–water partition coefficient (Wildman–Crippen LogP) is 4.41. The van der Waals surface area contributed by atoms with Crippen LogP contribution in [0.3, 0.4) is 0 Å². The Morgan fingerprint density at radius 1 is 0.941 bits per heavy atom. The number of halogens is 3. The van der Waals surface area contributed by atoms with Gasteiger partial charge in [0.05, 0.1) is 10.6 Å². The first kappa shape index (κ1) is 23.2. The molecule has 1 aliphatic rings. The lowest BCUT2D eigenvalue weighted by molar-refractivity contribution is -0.153. The minimum absolute atomic E-state index is 0.0157. The van der Waals surface area contributed by atoms with E-state index < -0.39 is 28.7 Å². The van der Waals surface area contributed by atoms with Crippen LogP contribution < -0.4 is 24.2 Å². The number of hydrogen-bond donors (Lipinski definition) is 2. The van der Waals surface area contributed by atoms with Crippen molar-refractivity contribution in [2.75, 3.05) is 23.4 Å². The molecule has 0 saturated heterocycles. The number of alkyl halides is 3. The molecule has 0 saturated carbocycles. The zero-order valence-electron chi connectivity index (χ0n) is 17.3. The molecule has 4 rings (SSSR count). The lowest BCUT2D eigenvalue weighted by atomic mass is 10.2. The third-order valence-corrected chi connectivity index (χ3v) is 5.92. The molecule has 0 radical (unpaired) electrons. The van der Waals surface area contributed by atoms with Gasteiger partial charge in [0, 0.05) is 17.3 Å². The van der Waals surface area contributed by atoms with E-state index in [-0.39, 0.29) is 34.4 Å². The van der Waals surface area contributed by atoms with Crippen LogP contribution in [0.2, 0.25) is 0 Å². The second-order valence-electron chi connectivity index (χ2n) is 7.08. The molecule has 0 spiro atoms. The van der Waals surface area contributed by atoms with E-state index in [2.05, 4.69) is 14.8 Å². The highest BCUT2D eigenvalue weighted by Gasteiger charge is 2.28. The Labute approximate surface area is 192 Å². The fourth-order valence-corrected chi connectivity index (χ4v) is 4.08. The molecule has 178 valence electrons. The number of nitrogens with one attached hydrogen (secondary N) is 2. The van der Waals surface area contributed by atoms with Crippen LogP contribution in [0.5, 0.6) is 17.2 Å². The first-order valence-corrected chi connectivity index (χ1v) is 11.2. The Bertz CT molecular complexity index is 1310. The van der Waals surface area contributed by atoms with Crippen molar-refractivity contribution in [1.82, 2.24) is 0 Å². The summed E-state index contributed by atoms with van der Waals surface area (Å²) in [5.74, 6) is 0.284. The van der Waals surface area contributed by atoms with Gasteiger partial charge in [0.1, 0.15) is 5.75 Å². The number of benzene rings is 3. The molecular formula is C22H17F3N2O6S. The zero-order chi connectivity index (χ0) is 24.3. The predicted molar refractivity (Wildman–Crippen MR) is 116 cm³/mol. The van der Waals surface area contributed by atoms with E-state index in [0.29, 0.717) is 11.5 Å². The summed E-state index contributed by atoms with van der Waals surface area (Å²) < 4.78 is 79.8. The van der Waals surface area contributed by atoms with E-state index in [0.717, 1.165) is 0 Å². The van der Waals surface area contributed by atoms with Gasteiger partial charge >= 0.3 is 6.18 Å². The third kappa shape index (κ3) is 5.70. The summed E-state index contributed by atoms with van der Waals surface area (Å²) in [5.41, 5.74) is 0.606. The lowest BCUT2D eigenvalue weighted by Crippen LogP contribution is -2.19. The molecular weight excluding hydrogens is 477 g/mol. The smallest absolute Gasteiger partial charge is 0.422 e. The minimum atomic E-state index is -4.46. The van der Waals surface area contributed by atoms with Crippen LogP contribution in [0.1, 0.15) is 10.4 Å². The van der Waals surface area contributed by atoms with E-state index in [1.807, 2.05) is 0 Å². The summed E-state index contributed by atoms with van der Waals surface area (Å²) in [6.07, 6.45) is -4.46. The van der Waals surface area contributed by atoms with Gasteiger partial charge < -0.3 is 19.5 Å². The van der Waals surface area contributed by atoms with E-state index >= 15 is 0 Å². The van der Waals surface area contributed by atoms with Gasteiger partial charge in [0.2, 0.25) is 6.79 Å². The standard InChI is InChI=1S/C22H17F3N2O6S/c23-22(24,25)12-31-17-7-4-15(5-8-17)26-21(28)14-2-1-3-18(10-14)34(29,30)27-16-6-9-19-20(11-16)33-13-32-19/h1-11,27H,12-13H2,(H,26,28). The summed E-state index contributed by atoms with van der Waals surface area (Å²) in [6, 6.07) is 15.2. The average molecular weight is 494 g/mol. The normalized spacial score (nSPS) is 12.8. The van der Waals surface area contributed by atoms with Crippen molar-refractivity contribution in [2.45, 2.75) is 11.1 Å². The average Bonchev–Trinajstić information content (AvgIpc) is 3.26. The molecule has 1 amide bonds. The number of fused-ring (bicyclic) bond motifs is 1. The highest BCUT2D eigenvalue weighted by Crippen LogP contribution is 2.35. The van der Waals surface area contributed by atoms with E-state index in [1.54, 1.807) is 6.07 Å². The van der Waals surface area contributed by atoms with Crippen molar-refractivity contribution in [1.29, 1.82) is 0 Å². The largest absolute Gasteiger partial charge is 0.484 e. The van der Waals surface area contributed by atoms with Crippen molar-refractivity contribution < 1.29 is 40.6 Å². The van der Waals surface area contributed by atoms with Crippen LogP contribution in [0, 0.1) is 0 Å². The summed E-state index contributed by atoms with van der Waals surface area (Å²) in [7, 11) is -4.02. The Kier molecular flexibility index (Phi) is 6.24. The van der Waals surface area contributed by atoms with Gasteiger partial charge in [0.15, 0.2) is 18.1 Å². The lowest BCUT2D eigenvalue weighted by Gasteiger charge is -2.11. The summed E-state index contributed by atoms with van der Waals surface area (Å²) in [6.45, 7) is -1.38. The monoisotopic (exact) mass is 494 g/mol. The van der Waals surface area contributed by atoms with Crippen molar-refractivity contribution in [2.24, 2.45) is 0 Å². The highest BCUT2D eigenvalue weighted by atomic mass is 32.2. The van der Waals surface area contributed by atoms with Crippen molar-refractivity contribution >= 4 is 27.3 Å². The highest BCUT2D eigenvalue weighted by molar-refractivity contribution is 7.92. The Balaban J connectivity index is 1.43. The van der Waals surface area contributed by atoms with Crippen LogP contribution in [-0.2, 0) is 10.0 Å². The van der Waals surface area contributed by atoms with Crippen LogP contribution >= 0.6 is 0 Å². The molecule has 0 unspecified atom stereocenters. The molecule has 34 heavy (non-hydrogen) atoms. The molecule has 0 bridgehead atoms. The van der Waals surface area contributed by atoms with Gasteiger partial charge in [-0.3, -0.25) is 9.52 Å². The molecule has 8 nitrogen and oxygen atoms in total. The van der Waals surface area contributed by atoms with Gasteiger partial charge in [-0.15, -0.1) is 0 Å². The van der Waals surface area contributed by atoms with Crippen LogP contribution in [-0.4, -0.2) is 33.9 Å².